The number of aromatic nitrogens is 1. The van der Waals surface area contributed by atoms with Crippen molar-refractivity contribution in [3.8, 4) is 5.75 Å². The van der Waals surface area contributed by atoms with Gasteiger partial charge in [0.15, 0.2) is 0 Å². The van der Waals surface area contributed by atoms with Crippen LogP contribution in [0.4, 0.5) is 4.39 Å². The van der Waals surface area contributed by atoms with Crippen molar-refractivity contribution in [1.82, 2.24) is 4.98 Å². The number of nitrogens with zero attached hydrogens (tertiary/aromatic N) is 1. The second-order valence-electron chi connectivity index (χ2n) is 4.70. The van der Waals surface area contributed by atoms with E-state index in [1.165, 1.54) is 12.1 Å². The fourth-order valence-electron chi connectivity index (χ4n) is 2.11. The van der Waals surface area contributed by atoms with Crippen LogP contribution in [-0.2, 0) is 6.61 Å². The molecule has 0 saturated heterocycles. The predicted octanol–water partition coefficient (Wildman–Crippen LogP) is 4.26. The number of rotatable bonds is 3. The quantitative estimate of drug-likeness (QED) is 0.707. The molecular weight excluding hydrogens is 253 g/mol. The third-order valence-corrected chi connectivity index (χ3v) is 3.10. The normalized spacial score (nSPS) is 10.7. The van der Waals surface area contributed by atoms with E-state index >= 15 is 0 Å². The molecule has 3 rings (SSSR count). The largest absolute Gasteiger partial charge is 0.487 e. The fourth-order valence-corrected chi connectivity index (χ4v) is 2.11. The fraction of sp³-hybridized carbons (Fsp3) is 0.118. The molecule has 3 aromatic rings. The van der Waals surface area contributed by atoms with Crippen LogP contribution < -0.4 is 4.74 Å². The van der Waals surface area contributed by atoms with Gasteiger partial charge in [-0.1, -0.05) is 36.4 Å². The van der Waals surface area contributed by atoms with Crippen molar-refractivity contribution in [2.45, 2.75) is 13.5 Å². The van der Waals surface area contributed by atoms with E-state index in [0.717, 1.165) is 16.6 Å². The first-order valence-electron chi connectivity index (χ1n) is 6.46. The Balaban J connectivity index is 1.96. The summed E-state index contributed by atoms with van der Waals surface area (Å²) in [7, 11) is 0. The van der Waals surface area contributed by atoms with Gasteiger partial charge < -0.3 is 4.74 Å². The highest BCUT2D eigenvalue weighted by Gasteiger charge is 2.07. The Labute approximate surface area is 116 Å². The molecule has 1 aromatic heterocycles. The molecule has 0 atom stereocenters. The van der Waals surface area contributed by atoms with E-state index in [1.54, 1.807) is 0 Å². The average Bonchev–Trinajstić information content (AvgIpc) is 2.46. The van der Waals surface area contributed by atoms with Crippen molar-refractivity contribution in [2.75, 3.05) is 0 Å². The van der Waals surface area contributed by atoms with Crippen LogP contribution >= 0.6 is 0 Å². The first-order valence-corrected chi connectivity index (χ1v) is 6.46. The maximum atomic E-state index is 13.6. The van der Waals surface area contributed by atoms with Gasteiger partial charge in [-0.15, -0.1) is 0 Å². The van der Waals surface area contributed by atoms with Gasteiger partial charge in [0.05, 0.1) is 0 Å². The first-order chi connectivity index (χ1) is 9.72. The molecule has 0 fully saturated rings. The van der Waals surface area contributed by atoms with E-state index in [2.05, 4.69) is 4.98 Å². The van der Waals surface area contributed by atoms with Crippen LogP contribution in [-0.4, -0.2) is 4.98 Å². The lowest BCUT2D eigenvalue weighted by Gasteiger charge is -2.09. The van der Waals surface area contributed by atoms with Crippen LogP contribution in [0.25, 0.3) is 10.9 Å². The second kappa shape index (κ2) is 5.29. The molecule has 0 amide bonds. The van der Waals surface area contributed by atoms with Gasteiger partial charge >= 0.3 is 0 Å². The Morgan fingerprint density at radius 2 is 1.85 bits per heavy atom. The van der Waals surface area contributed by atoms with Gasteiger partial charge in [0.2, 0.25) is 0 Å². The third-order valence-electron chi connectivity index (χ3n) is 3.10. The monoisotopic (exact) mass is 267 g/mol. The average molecular weight is 267 g/mol. The minimum atomic E-state index is -0.314. The lowest BCUT2D eigenvalue weighted by atomic mass is 10.2. The SMILES string of the molecule is Cc1ccc2cc(F)cc(OCc3ccccc3)c2n1. The minimum absolute atomic E-state index is 0.314. The molecular formula is C17H14FNO. The Bertz CT molecular complexity index is 741. The van der Waals surface area contributed by atoms with Crippen LogP contribution in [0.5, 0.6) is 5.75 Å². The van der Waals surface area contributed by atoms with Gasteiger partial charge in [-0.05, 0) is 24.6 Å². The number of hydrogen-bond donors (Lipinski definition) is 0. The first kappa shape index (κ1) is 12.6. The molecule has 0 unspecified atom stereocenters. The summed E-state index contributed by atoms with van der Waals surface area (Å²) in [5, 5.41) is 0.749. The van der Waals surface area contributed by atoms with E-state index in [-0.39, 0.29) is 5.82 Å². The molecule has 0 aliphatic rings. The summed E-state index contributed by atoms with van der Waals surface area (Å²) in [5.74, 6) is 0.166. The molecule has 0 aliphatic carbocycles. The molecule has 0 spiro atoms. The van der Waals surface area contributed by atoms with Gasteiger partial charge in [0.25, 0.3) is 0 Å². The molecule has 2 aromatic carbocycles. The Morgan fingerprint density at radius 1 is 1.05 bits per heavy atom. The van der Waals surface area contributed by atoms with Crippen molar-refractivity contribution in [2.24, 2.45) is 0 Å². The Hall–Kier alpha value is -2.42. The summed E-state index contributed by atoms with van der Waals surface area (Å²) in [6.45, 7) is 2.30. The van der Waals surface area contributed by atoms with Crippen LogP contribution in [0.15, 0.2) is 54.6 Å². The van der Waals surface area contributed by atoms with E-state index < -0.39 is 0 Å². The highest BCUT2D eigenvalue weighted by atomic mass is 19.1. The molecule has 0 bridgehead atoms. The lowest BCUT2D eigenvalue weighted by molar-refractivity contribution is 0.308. The summed E-state index contributed by atoms with van der Waals surface area (Å²) in [4.78, 5) is 4.44. The summed E-state index contributed by atoms with van der Waals surface area (Å²) in [6, 6.07) is 16.4. The van der Waals surface area contributed by atoms with Crippen molar-refractivity contribution < 1.29 is 9.13 Å². The van der Waals surface area contributed by atoms with Crippen molar-refractivity contribution >= 4 is 10.9 Å². The molecule has 0 N–H and O–H groups in total. The topological polar surface area (TPSA) is 22.1 Å². The van der Waals surface area contributed by atoms with Gasteiger partial charge in [0, 0.05) is 17.1 Å². The molecule has 3 heteroatoms. The number of halogens is 1. The van der Waals surface area contributed by atoms with Gasteiger partial charge in [0.1, 0.15) is 23.7 Å². The van der Waals surface area contributed by atoms with E-state index in [1.807, 2.05) is 49.4 Å². The standard InChI is InChI=1S/C17H14FNO/c1-12-7-8-14-9-15(18)10-16(17(14)19-12)20-11-13-5-3-2-4-6-13/h2-10H,11H2,1H3. The number of fused-ring (bicyclic) bond motifs is 1. The highest BCUT2D eigenvalue weighted by Crippen LogP contribution is 2.26. The number of aryl methyl sites for hydroxylation is 1. The molecule has 0 saturated carbocycles. The van der Waals surface area contributed by atoms with Crippen LogP contribution in [0.2, 0.25) is 0 Å². The molecule has 20 heavy (non-hydrogen) atoms. The summed E-state index contributed by atoms with van der Waals surface area (Å²) in [6.07, 6.45) is 0. The zero-order valence-electron chi connectivity index (χ0n) is 11.1. The van der Waals surface area contributed by atoms with Crippen LogP contribution in [0.3, 0.4) is 0 Å². The zero-order valence-corrected chi connectivity index (χ0v) is 11.1. The predicted molar refractivity (Wildman–Crippen MR) is 77.2 cm³/mol. The van der Waals surface area contributed by atoms with Crippen molar-refractivity contribution in [3.05, 3.63) is 71.7 Å². The lowest BCUT2D eigenvalue weighted by Crippen LogP contribution is -1.98. The van der Waals surface area contributed by atoms with Gasteiger partial charge in [-0.3, -0.25) is 0 Å². The van der Waals surface area contributed by atoms with Gasteiger partial charge in [-0.2, -0.15) is 0 Å². The number of hydrogen-bond acceptors (Lipinski definition) is 2. The van der Waals surface area contributed by atoms with E-state index in [9.17, 15) is 4.39 Å². The Morgan fingerprint density at radius 3 is 2.65 bits per heavy atom. The van der Waals surface area contributed by atoms with E-state index in [4.69, 9.17) is 4.74 Å². The highest BCUT2D eigenvalue weighted by molar-refractivity contribution is 5.84. The van der Waals surface area contributed by atoms with Gasteiger partial charge in [-0.25, -0.2) is 9.37 Å². The van der Waals surface area contributed by atoms with Crippen LogP contribution in [0.1, 0.15) is 11.3 Å². The third kappa shape index (κ3) is 2.62. The zero-order chi connectivity index (χ0) is 13.9. The van der Waals surface area contributed by atoms with Crippen molar-refractivity contribution in [3.63, 3.8) is 0 Å². The number of ether oxygens (including phenoxy) is 1. The Kier molecular flexibility index (Phi) is 3.33. The molecule has 100 valence electrons. The molecule has 1 heterocycles. The smallest absolute Gasteiger partial charge is 0.148 e. The van der Waals surface area contributed by atoms with Crippen molar-refractivity contribution in [1.29, 1.82) is 0 Å². The molecule has 2 nitrogen and oxygen atoms in total. The number of pyridine rings is 1. The van der Waals surface area contributed by atoms with Crippen LogP contribution in [0, 0.1) is 12.7 Å². The summed E-state index contributed by atoms with van der Waals surface area (Å²) < 4.78 is 19.4. The molecule has 0 aliphatic heterocycles. The summed E-state index contributed by atoms with van der Waals surface area (Å²) in [5.41, 5.74) is 2.62. The maximum Gasteiger partial charge on any atom is 0.148 e. The second-order valence-corrected chi connectivity index (χ2v) is 4.70. The summed E-state index contributed by atoms with van der Waals surface area (Å²) >= 11 is 0. The van der Waals surface area contributed by atoms with E-state index in [0.29, 0.717) is 17.9 Å². The maximum absolute atomic E-state index is 13.6. The minimum Gasteiger partial charge on any atom is -0.487 e. The molecule has 0 radical (unpaired) electrons. The number of benzene rings is 2.